The van der Waals surface area contributed by atoms with Gasteiger partial charge in [0.25, 0.3) is 0 Å². The van der Waals surface area contributed by atoms with E-state index >= 15 is 0 Å². The lowest BCUT2D eigenvalue weighted by Gasteiger charge is -2.31. The van der Waals surface area contributed by atoms with Gasteiger partial charge in [0, 0.05) is 5.92 Å². The maximum Gasteiger partial charge on any atom is 0.168 e. The summed E-state index contributed by atoms with van der Waals surface area (Å²) < 4.78 is 11.3. The van der Waals surface area contributed by atoms with Crippen molar-refractivity contribution < 1.29 is 14.6 Å². The van der Waals surface area contributed by atoms with Gasteiger partial charge >= 0.3 is 0 Å². The van der Waals surface area contributed by atoms with Gasteiger partial charge in [-0.05, 0) is 19.8 Å². The molecule has 2 atom stereocenters. The van der Waals surface area contributed by atoms with Crippen LogP contribution in [0.2, 0.25) is 0 Å². The van der Waals surface area contributed by atoms with E-state index in [1.165, 1.54) is 0 Å². The van der Waals surface area contributed by atoms with Crippen molar-refractivity contribution in [1.29, 1.82) is 0 Å². The van der Waals surface area contributed by atoms with E-state index in [-0.39, 0.29) is 12.7 Å². The third kappa shape index (κ3) is 2.22. The number of aliphatic hydroxyl groups excluding tert-OH is 1. The smallest absolute Gasteiger partial charge is 0.168 e. The summed E-state index contributed by atoms with van der Waals surface area (Å²) in [4.78, 5) is 0. The molecule has 0 radical (unpaired) electrons. The molecule has 1 rings (SSSR count). The second-order valence-electron chi connectivity index (χ2n) is 3.76. The molecule has 0 aromatic rings. The van der Waals surface area contributed by atoms with Crippen LogP contribution in [-0.2, 0) is 9.47 Å². The van der Waals surface area contributed by atoms with Gasteiger partial charge in [0.05, 0.1) is 13.2 Å². The van der Waals surface area contributed by atoms with E-state index in [9.17, 15) is 0 Å². The minimum Gasteiger partial charge on any atom is -0.394 e. The second kappa shape index (κ2) is 4.40. The van der Waals surface area contributed by atoms with Crippen molar-refractivity contribution in [2.45, 2.75) is 45.5 Å². The predicted octanol–water partition coefficient (Wildman–Crippen LogP) is 1.55. The molecule has 1 saturated heterocycles. The normalized spacial score (nSPS) is 34.4. The molecular weight excluding hydrogens is 168 g/mol. The summed E-state index contributed by atoms with van der Waals surface area (Å²) in [5.74, 6) is -0.0549. The van der Waals surface area contributed by atoms with Gasteiger partial charge < -0.3 is 14.6 Å². The topological polar surface area (TPSA) is 38.7 Å². The Hall–Kier alpha value is -0.120. The van der Waals surface area contributed by atoms with Crippen LogP contribution >= 0.6 is 0 Å². The minimum absolute atomic E-state index is 0.0513. The summed E-state index contributed by atoms with van der Waals surface area (Å²) in [6.45, 7) is 6.82. The van der Waals surface area contributed by atoms with Crippen LogP contribution in [0, 0.1) is 5.92 Å². The molecule has 0 spiro atoms. The van der Waals surface area contributed by atoms with E-state index in [1.54, 1.807) is 0 Å². The fourth-order valence-corrected chi connectivity index (χ4v) is 1.99. The van der Waals surface area contributed by atoms with Crippen LogP contribution in [0.1, 0.15) is 33.6 Å². The third-order valence-corrected chi connectivity index (χ3v) is 2.89. The third-order valence-electron chi connectivity index (χ3n) is 2.89. The van der Waals surface area contributed by atoms with Gasteiger partial charge in [-0.1, -0.05) is 13.8 Å². The summed E-state index contributed by atoms with van der Waals surface area (Å²) in [5, 5.41) is 8.92. The maximum atomic E-state index is 8.92. The fourth-order valence-electron chi connectivity index (χ4n) is 1.99. The Morgan fingerprint density at radius 1 is 1.46 bits per heavy atom. The van der Waals surface area contributed by atoms with E-state index in [4.69, 9.17) is 14.6 Å². The molecule has 2 unspecified atom stereocenters. The average Bonchev–Trinajstić information content (AvgIpc) is 2.50. The van der Waals surface area contributed by atoms with Crippen molar-refractivity contribution in [1.82, 2.24) is 0 Å². The second-order valence-corrected chi connectivity index (χ2v) is 3.76. The first-order valence-corrected chi connectivity index (χ1v) is 5.08. The number of aliphatic hydroxyl groups is 1. The molecule has 0 aromatic carbocycles. The van der Waals surface area contributed by atoms with Gasteiger partial charge in [-0.25, -0.2) is 0 Å². The lowest BCUT2D eigenvalue weighted by molar-refractivity contribution is -0.195. The van der Waals surface area contributed by atoms with Gasteiger partial charge in [0.1, 0.15) is 6.10 Å². The molecule has 0 aromatic heterocycles. The molecule has 1 aliphatic rings. The average molecular weight is 188 g/mol. The molecule has 78 valence electrons. The molecule has 3 nitrogen and oxygen atoms in total. The molecule has 13 heavy (non-hydrogen) atoms. The number of hydrogen-bond acceptors (Lipinski definition) is 3. The Morgan fingerprint density at radius 3 is 2.46 bits per heavy atom. The minimum atomic E-state index is -0.475. The van der Waals surface area contributed by atoms with Crippen molar-refractivity contribution >= 4 is 0 Å². The zero-order valence-corrected chi connectivity index (χ0v) is 8.75. The lowest BCUT2D eigenvalue weighted by atomic mass is 9.94. The van der Waals surface area contributed by atoms with Crippen molar-refractivity contribution in [3.05, 3.63) is 0 Å². The lowest BCUT2D eigenvalue weighted by Crippen LogP contribution is -2.36. The maximum absolute atomic E-state index is 8.92. The summed E-state index contributed by atoms with van der Waals surface area (Å²) in [7, 11) is 0. The van der Waals surface area contributed by atoms with Crippen molar-refractivity contribution in [2.75, 3.05) is 13.2 Å². The first kappa shape index (κ1) is 11.0. The molecule has 3 heteroatoms. The molecule has 0 saturated carbocycles. The van der Waals surface area contributed by atoms with Crippen LogP contribution in [-0.4, -0.2) is 30.2 Å². The fraction of sp³-hybridized carbons (Fsp3) is 1.00. The van der Waals surface area contributed by atoms with E-state index < -0.39 is 5.79 Å². The zero-order valence-electron chi connectivity index (χ0n) is 8.75. The largest absolute Gasteiger partial charge is 0.394 e. The highest BCUT2D eigenvalue weighted by Gasteiger charge is 2.41. The Labute approximate surface area is 80.0 Å². The van der Waals surface area contributed by atoms with Gasteiger partial charge in [0.2, 0.25) is 0 Å². The van der Waals surface area contributed by atoms with Gasteiger partial charge in [-0.3, -0.25) is 0 Å². The first-order chi connectivity index (χ1) is 6.16. The monoisotopic (exact) mass is 188 g/mol. The number of rotatable bonds is 4. The highest BCUT2D eigenvalue weighted by atomic mass is 16.7. The number of hydrogen-bond donors (Lipinski definition) is 1. The Kier molecular flexibility index (Phi) is 3.71. The molecule has 1 heterocycles. The first-order valence-electron chi connectivity index (χ1n) is 5.08. The van der Waals surface area contributed by atoms with E-state index in [0.717, 1.165) is 12.8 Å². The molecule has 0 aliphatic carbocycles. The van der Waals surface area contributed by atoms with Crippen molar-refractivity contribution in [3.63, 3.8) is 0 Å². The molecule has 0 bridgehead atoms. The summed E-state index contributed by atoms with van der Waals surface area (Å²) in [5.41, 5.74) is 0. The Balaban J connectivity index is 2.56. The summed E-state index contributed by atoms with van der Waals surface area (Å²) in [6, 6.07) is 0. The molecule has 1 aliphatic heterocycles. The Bertz CT molecular complexity index is 156. The molecular formula is C10H20O3. The quantitative estimate of drug-likeness (QED) is 0.727. The van der Waals surface area contributed by atoms with E-state index in [0.29, 0.717) is 12.5 Å². The molecule has 1 fully saturated rings. The van der Waals surface area contributed by atoms with E-state index in [1.807, 2.05) is 6.92 Å². The summed E-state index contributed by atoms with van der Waals surface area (Å²) >= 11 is 0. The van der Waals surface area contributed by atoms with Crippen LogP contribution in [0.5, 0.6) is 0 Å². The predicted molar refractivity (Wildman–Crippen MR) is 50.4 cm³/mol. The van der Waals surface area contributed by atoms with Gasteiger partial charge in [-0.15, -0.1) is 0 Å². The van der Waals surface area contributed by atoms with Crippen LogP contribution in [0.4, 0.5) is 0 Å². The SMILES string of the molecule is CCC(CC)C1(C)OCC(CO)O1. The summed E-state index contributed by atoms with van der Waals surface area (Å²) in [6.07, 6.45) is 1.96. The molecule has 0 amide bonds. The van der Waals surface area contributed by atoms with Gasteiger partial charge in [-0.2, -0.15) is 0 Å². The highest BCUT2D eigenvalue weighted by molar-refractivity contribution is 4.80. The van der Waals surface area contributed by atoms with Crippen LogP contribution in [0.15, 0.2) is 0 Å². The molecule has 1 N–H and O–H groups in total. The van der Waals surface area contributed by atoms with Crippen LogP contribution in [0.3, 0.4) is 0 Å². The van der Waals surface area contributed by atoms with Crippen LogP contribution in [0.25, 0.3) is 0 Å². The van der Waals surface area contributed by atoms with Crippen molar-refractivity contribution in [2.24, 2.45) is 5.92 Å². The Morgan fingerprint density at radius 2 is 2.08 bits per heavy atom. The number of ether oxygens (including phenoxy) is 2. The van der Waals surface area contributed by atoms with Crippen LogP contribution < -0.4 is 0 Å². The highest BCUT2D eigenvalue weighted by Crippen LogP contribution is 2.34. The van der Waals surface area contributed by atoms with Gasteiger partial charge in [0.15, 0.2) is 5.79 Å². The zero-order chi connectivity index (χ0) is 9.90. The van der Waals surface area contributed by atoms with E-state index in [2.05, 4.69) is 13.8 Å². The van der Waals surface area contributed by atoms with Crippen molar-refractivity contribution in [3.8, 4) is 0 Å². The standard InChI is InChI=1S/C10H20O3/c1-4-8(5-2)10(3)12-7-9(6-11)13-10/h8-9,11H,4-7H2,1-3H3.